The van der Waals surface area contributed by atoms with Crippen molar-refractivity contribution in [3.63, 3.8) is 0 Å². The lowest BCUT2D eigenvalue weighted by atomic mass is 9.99. The quantitative estimate of drug-likeness (QED) is 0.353. The smallest absolute Gasteiger partial charge is 0.0426 e. The molecule has 30 heavy (non-hydrogen) atoms. The fraction of sp³-hybridized carbons (Fsp3) is 0.429. The summed E-state index contributed by atoms with van der Waals surface area (Å²) in [6, 6.07) is 24.9. The van der Waals surface area contributed by atoms with Gasteiger partial charge in [0.25, 0.3) is 0 Å². The SMILES string of the molecule is c1ccc(-c2cc(P(C3CCCCC3)C3CCCCC3)c(-c3ccccc3)s2)cc1. The third-order valence-electron chi connectivity index (χ3n) is 7.02. The van der Waals surface area contributed by atoms with Crippen LogP contribution in [0.1, 0.15) is 64.2 Å². The Kier molecular flexibility index (Phi) is 6.69. The molecule has 0 saturated heterocycles. The summed E-state index contributed by atoms with van der Waals surface area (Å²) in [7, 11) is -0.0956. The van der Waals surface area contributed by atoms with Gasteiger partial charge in [-0.3, -0.25) is 0 Å². The van der Waals surface area contributed by atoms with Crippen LogP contribution in [-0.4, -0.2) is 11.3 Å². The van der Waals surface area contributed by atoms with Crippen LogP contribution in [0.15, 0.2) is 66.7 Å². The highest BCUT2D eigenvalue weighted by Crippen LogP contribution is 2.57. The van der Waals surface area contributed by atoms with Gasteiger partial charge in [0.05, 0.1) is 0 Å². The van der Waals surface area contributed by atoms with Gasteiger partial charge < -0.3 is 0 Å². The molecule has 0 nitrogen and oxygen atoms in total. The predicted octanol–water partition coefficient (Wildman–Crippen LogP) is 8.85. The van der Waals surface area contributed by atoms with Crippen molar-refractivity contribution in [1.82, 2.24) is 0 Å². The summed E-state index contributed by atoms with van der Waals surface area (Å²) in [6.07, 6.45) is 14.6. The van der Waals surface area contributed by atoms with Gasteiger partial charge in [-0.25, -0.2) is 0 Å². The zero-order chi connectivity index (χ0) is 20.2. The third-order valence-corrected chi connectivity index (χ3v) is 11.9. The molecule has 0 atom stereocenters. The molecule has 2 heteroatoms. The second-order valence-electron chi connectivity index (χ2n) is 9.05. The Morgan fingerprint density at radius 3 is 1.63 bits per heavy atom. The van der Waals surface area contributed by atoms with Gasteiger partial charge in [-0.2, -0.15) is 0 Å². The van der Waals surface area contributed by atoms with Crippen LogP contribution >= 0.6 is 19.3 Å². The van der Waals surface area contributed by atoms with Gasteiger partial charge in [0.1, 0.15) is 0 Å². The first kappa shape index (κ1) is 20.5. The number of hydrogen-bond donors (Lipinski definition) is 0. The van der Waals surface area contributed by atoms with Gasteiger partial charge >= 0.3 is 0 Å². The van der Waals surface area contributed by atoms with Gasteiger partial charge in [0, 0.05) is 9.75 Å². The third kappa shape index (κ3) is 4.44. The van der Waals surface area contributed by atoms with E-state index in [1.54, 1.807) is 10.2 Å². The molecule has 0 N–H and O–H groups in total. The van der Waals surface area contributed by atoms with Crippen molar-refractivity contribution in [3.8, 4) is 20.9 Å². The zero-order valence-electron chi connectivity index (χ0n) is 17.9. The minimum atomic E-state index is -0.0956. The maximum atomic E-state index is 2.62. The van der Waals surface area contributed by atoms with Gasteiger partial charge in [-0.05, 0) is 59.5 Å². The molecule has 1 heterocycles. The van der Waals surface area contributed by atoms with E-state index in [4.69, 9.17) is 0 Å². The summed E-state index contributed by atoms with van der Waals surface area (Å²) in [4.78, 5) is 3.03. The number of hydrogen-bond acceptors (Lipinski definition) is 1. The molecule has 2 fully saturated rings. The van der Waals surface area contributed by atoms with Crippen molar-refractivity contribution in [2.45, 2.75) is 75.5 Å². The average Bonchev–Trinajstić information content (AvgIpc) is 3.27. The van der Waals surface area contributed by atoms with Gasteiger partial charge in [-0.15, -0.1) is 11.3 Å². The minimum absolute atomic E-state index is 0.0956. The first-order valence-corrected chi connectivity index (χ1v) is 14.2. The van der Waals surface area contributed by atoms with Gasteiger partial charge in [0.2, 0.25) is 0 Å². The zero-order valence-corrected chi connectivity index (χ0v) is 19.6. The standard InChI is InChI=1S/C28H33PS/c1-5-13-22(14-6-1)27-21-26(28(30-27)23-15-7-2-8-16-23)29(24-17-9-3-10-18-24)25-19-11-4-12-20-25/h1-2,5-8,13-16,21,24-25H,3-4,9-12,17-20H2. The Morgan fingerprint density at radius 2 is 1.10 bits per heavy atom. The molecule has 5 rings (SSSR count). The average molecular weight is 433 g/mol. The van der Waals surface area contributed by atoms with E-state index < -0.39 is 0 Å². The molecule has 0 aliphatic heterocycles. The molecule has 3 aromatic rings. The second kappa shape index (κ2) is 9.80. The molecule has 2 aromatic carbocycles. The lowest BCUT2D eigenvalue weighted by Crippen LogP contribution is -2.26. The maximum absolute atomic E-state index is 2.62. The molecule has 2 aliphatic rings. The van der Waals surface area contributed by atoms with Crippen molar-refractivity contribution >= 4 is 24.6 Å². The van der Waals surface area contributed by atoms with Crippen LogP contribution in [-0.2, 0) is 0 Å². The molecule has 0 unspecified atom stereocenters. The van der Waals surface area contributed by atoms with Crippen LogP contribution in [0.2, 0.25) is 0 Å². The molecule has 156 valence electrons. The number of thiophene rings is 1. The van der Waals surface area contributed by atoms with E-state index in [9.17, 15) is 0 Å². The summed E-state index contributed by atoms with van der Waals surface area (Å²) in [6.45, 7) is 0. The summed E-state index contributed by atoms with van der Waals surface area (Å²) in [5.74, 6) is 0. The summed E-state index contributed by atoms with van der Waals surface area (Å²) >= 11 is 2.04. The molecular weight excluding hydrogens is 399 g/mol. The predicted molar refractivity (Wildman–Crippen MR) is 135 cm³/mol. The maximum Gasteiger partial charge on any atom is 0.0426 e. The van der Waals surface area contributed by atoms with Crippen molar-refractivity contribution in [3.05, 3.63) is 66.7 Å². The molecule has 2 aliphatic carbocycles. The van der Waals surface area contributed by atoms with E-state index in [-0.39, 0.29) is 7.92 Å². The van der Waals surface area contributed by atoms with Crippen molar-refractivity contribution in [1.29, 1.82) is 0 Å². The van der Waals surface area contributed by atoms with E-state index >= 15 is 0 Å². The van der Waals surface area contributed by atoms with E-state index in [1.165, 1.54) is 80.2 Å². The van der Waals surface area contributed by atoms with E-state index in [2.05, 4.69) is 66.7 Å². The topological polar surface area (TPSA) is 0 Å². The van der Waals surface area contributed by atoms with E-state index in [0.29, 0.717) is 0 Å². The minimum Gasteiger partial charge on any atom is -0.135 e. The molecule has 2 saturated carbocycles. The first-order chi connectivity index (χ1) is 14.9. The Hall–Kier alpha value is -1.43. The summed E-state index contributed by atoms with van der Waals surface area (Å²) in [5.41, 5.74) is 4.70. The number of benzene rings is 2. The van der Waals surface area contributed by atoms with E-state index in [1.807, 2.05) is 11.3 Å². The van der Waals surface area contributed by atoms with Crippen LogP contribution in [0.5, 0.6) is 0 Å². The molecule has 0 amide bonds. The van der Waals surface area contributed by atoms with Crippen LogP contribution in [0.25, 0.3) is 20.9 Å². The Bertz CT molecular complexity index is 900. The highest BCUT2D eigenvalue weighted by atomic mass is 32.1. The summed E-state index contributed by atoms with van der Waals surface area (Å²) < 4.78 is 0. The van der Waals surface area contributed by atoms with Crippen LogP contribution in [0.4, 0.5) is 0 Å². The van der Waals surface area contributed by atoms with E-state index in [0.717, 1.165) is 11.3 Å². The number of rotatable bonds is 5. The van der Waals surface area contributed by atoms with Crippen molar-refractivity contribution in [2.24, 2.45) is 0 Å². The Balaban J connectivity index is 1.62. The molecule has 0 bridgehead atoms. The first-order valence-electron chi connectivity index (χ1n) is 11.9. The monoisotopic (exact) mass is 432 g/mol. The molecule has 0 radical (unpaired) electrons. The summed E-state index contributed by atoms with van der Waals surface area (Å²) in [5, 5.41) is 1.74. The van der Waals surface area contributed by atoms with Crippen molar-refractivity contribution < 1.29 is 0 Å². The van der Waals surface area contributed by atoms with Crippen LogP contribution < -0.4 is 5.30 Å². The fourth-order valence-electron chi connectivity index (χ4n) is 5.52. The second-order valence-corrected chi connectivity index (χ2v) is 12.9. The largest absolute Gasteiger partial charge is 0.135 e. The Morgan fingerprint density at radius 1 is 0.600 bits per heavy atom. The normalized spacial score (nSPS) is 18.7. The lowest BCUT2D eigenvalue weighted by Gasteiger charge is -2.38. The lowest BCUT2D eigenvalue weighted by molar-refractivity contribution is 0.487. The molecule has 0 spiro atoms. The Labute approximate surface area is 187 Å². The molecule has 1 aromatic heterocycles. The highest BCUT2D eigenvalue weighted by Gasteiger charge is 2.34. The fourth-order valence-corrected chi connectivity index (χ4v) is 11.0. The van der Waals surface area contributed by atoms with Crippen LogP contribution in [0, 0.1) is 0 Å². The van der Waals surface area contributed by atoms with Crippen molar-refractivity contribution in [2.75, 3.05) is 0 Å². The molecular formula is C28H33PS. The van der Waals surface area contributed by atoms with Gasteiger partial charge in [-0.1, -0.05) is 107 Å². The van der Waals surface area contributed by atoms with Crippen LogP contribution in [0.3, 0.4) is 0 Å². The van der Waals surface area contributed by atoms with Gasteiger partial charge in [0.15, 0.2) is 0 Å². The highest BCUT2D eigenvalue weighted by molar-refractivity contribution is 7.68.